The molecule has 0 bridgehead atoms. The van der Waals surface area contributed by atoms with Gasteiger partial charge in [0.2, 0.25) is 0 Å². The number of rotatable bonds is 10. The normalized spacial score (nSPS) is 11.1. The van der Waals surface area contributed by atoms with Crippen molar-refractivity contribution in [2.45, 2.75) is 13.8 Å². The summed E-state index contributed by atoms with van der Waals surface area (Å²) in [7, 11) is 0. The van der Waals surface area contributed by atoms with Gasteiger partial charge in [-0.25, -0.2) is 0 Å². The Bertz CT molecular complexity index is 186. The van der Waals surface area contributed by atoms with Gasteiger partial charge in [-0.2, -0.15) is 0 Å². The van der Waals surface area contributed by atoms with Crippen molar-refractivity contribution < 1.29 is 15.7 Å². The molecule has 0 unspecified atom stereocenters. The van der Waals surface area contributed by atoms with Crippen LogP contribution in [-0.2, 0) is 14.3 Å². The molecule has 0 rings (SSSR count). The molecule has 0 saturated heterocycles. The average Bonchev–Trinajstić information content (AvgIpc) is 2.20. The van der Waals surface area contributed by atoms with E-state index < -0.39 is 0 Å². The van der Waals surface area contributed by atoms with E-state index in [4.69, 9.17) is 9.47 Å². The van der Waals surface area contributed by atoms with Crippen molar-refractivity contribution in [2.24, 2.45) is 0 Å². The molecule has 0 spiro atoms. The van der Waals surface area contributed by atoms with Crippen LogP contribution in [0.3, 0.4) is 0 Å². The van der Waals surface area contributed by atoms with Gasteiger partial charge in [0, 0.05) is 7.97 Å². The van der Waals surface area contributed by atoms with Gasteiger partial charge in [0.1, 0.15) is 6.61 Å². The molecule has 15 heavy (non-hydrogen) atoms. The summed E-state index contributed by atoms with van der Waals surface area (Å²) >= 11 is 0. The molecule has 0 aromatic heterocycles. The summed E-state index contributed by atoms with van der Waals surface area (Å²) in [6.45, 7) is 7.38. The van der Waals surface area contributed by atoms with E-state index in [1.54, 1.807) is 0 Å². The highest BCUT2D eigenvalue weighted by Crippen LogP contribution is 1.81. The molecule has 0 radical (unpaired) electrons. The standard InChI is InChI=1S/C11H21NO3.H2/c1-3-12-6-9-14-7-4-5-8-15-10-11(2)13;/h4-5,12H,3,6-10H2,1-2H3;1H/b5-4-;. The minimum atomic E-state index is 0. The van der Waals surface area contributed by atoms with Gasteiger partial charge in [-0.15, -0.1) is 0 Å². The van der Waals surface area contributed by atoms with Gasteiger partial charge in [-0.1, -0.05) is 19.1 Å². The molecule has 0 aromatic carbocycles. The van der Waals surface area contributed by atoms with Crippen LogP contribution in [0.5, 0.6) is 0 Å². The Morgan fingerprint density at radius 3 is 2.60 bits per heavy atom. The van der Waals surface area contributed by atoms with Crippen molar-refractivity contribution in [3.05, 3.63) is 12.2 Å². The van der Waals surface area contributed by atoms with E-state index in [-0.39, 0.29) is 13.8 Å². The number of carbonyl (C=O) groups excluding carboxylic acids is 1. The highest BCUT2D eigenvalue weighted by Gasteiger charge is 1.89. The molecule has 0 aliphatic heterocycles. The van der Waals surface area contributed by atoms with E-state index >= 15 is 0 Å². The van der Waals surface area contributed by atoms with Gasteiger partial charge in [0.25, 0.3) is 0 Å². The number of carbonyl (C=O) groups is 1. The fraction of sp³-hybridized carbons (Fsp3) is 0.727. The lowest BCUT2D eigenvalue weighted by molar-refractivity contribution is -0.121. The van der Waals surface area contributed by atoms with Crippen LogP contribution in [0.25, 0.3) is 0 Å². The number of hydrogen-bond donors (Lipinski definition) is 1. The molecule has 0 aromatic rings. The second-order valence-electron chi connectivity index (χ2n) is 3.12. The monoisotopic (exact) mass is 217 g/mol. The van der Waals surface area contributed by atoms with Crippen LogP contribution in [0, 0.1) is 0 Å². The van der Waals surface area contributed by atoms with Crippen molar-refractivity contribution in [1.82, 2.24) is 5.32 Å². The maximum absolute atomic E-state index is 10.5. The zero-order valence-corrected chi connectivity index (χ0v) is 9.62. The first-order valence-electron chi connectivity index (χ1n) is 5.28. The van der Waals surface area contributed by atoms with Crippen LogP contribution >= 0.6 is 0 Å². The number of likely N-dealkylation sites (N-methyl/N-ethyl adjacent to an activating group) is 1. The minimum absolute atomic E-state index is 0. The average molecular weight is 217 g/mol. The van der Waals surface area contributed by atoms with E-state index in [0.717, 1.165) is 13.1 Å². The van der Waals surface area contributed by atoms with E-state index in [0.29, 0.717) is 19.8 Å². The van der Waals surface area contributed by atoms with Crippen LogP contribution in [0.15, 0.2) is 12.2 Å². The molecule has 4 heteroatoms. The Labute approximate surface area is 93.1 Å². The summed E-state index contributed by atoms with van der Waals surface area (Å²) < 4.78 is 10.3. The molecular weight excluding hydrogens is 194 g/mol. The maximum atomic E-state index is 10.5. The molecule has 0 fully saturated rings. The Morgan fingerprint density at radius 1 is 1.33 bits per heavy atom. The van der Waals surface area contributed by atoms with E-state index in [9.17, 15) is 4.79 Å². The molecule has 0 atom stereocenters. The van der Waals surface area contributed by atoms with Crippen LogP contribution in [0.1, 0.15) is 15.3 Å². The lowest BCUT2D eigenvalue weighted by atomic mass is 10.5. The van der Waals surface area contributed by atoms with Crippen LogP contribution in [-0.4, -0.2) is 45.3 Å². The fourth-order valence-electron chi connectivity index (χ4n) is 0.879. The van der Waals surface area contributed by atoms with Crippen molar-refractivity contribution in [3.63, 3.8) is 0 Å². The van der Waals surface area contributed by atoms with Crippen LogP contribution in [0.4, 0.5) is 0 Å². The maximum Gasteiger partial charge on any atom is 0.155 e. The zero-order valence-electron chi connectivity index (χ0n) is 9.62. The Hall–Kier alpha value is -0.710. The molecular formula is C11H23NO3. The van der Waals surface area contributed by atoms with Crippen LogP contribution in [0.2, 0.25) is 0 Å². The predicted molar refractivity (Wildman–Crippen MR) is 62.1 cm³/mol. The van der Waals surface area contributed by atoms with Crippen molar-refractivity contribution in [2.75, 3.05) is 39.5 Å². The van der Waals surface area contributed by atoms with Gasteiger partial charge < -0.3 is 14.8 Å². The molecule has 0 aliphatic carbocycles. The van der Waals surface area contributed by atoms with Gasteiger partial charge in [-0.05, 0) is 13.5 Å². The highest BCUT2D eigenvalue weighted by molar-refractivity contribution is 5.76. The predicted octanol–water partition coefficient (Wildman–Crippen LogP) is 1.02. The first kappa shape index (κ1) is 14.3. The SMILES string of the molecule is CCNCCOC/C=C\COCC(C)=O.[HH]. The summed E-state index contributed by atoms with van der Waals surface area (Å²) in [5.74, 6) is 0.0466. The number of Topliss-reactive ketones (excluding diaryl/α,β-unsaturated/α-hetero) is 1. The van der Waals surface area contributed by atoms with Crippen molar-refractivity contribution >= 4 is 5.78 Å². The molecule has 0 amide bonds. The van der Waals surface area contributed by atoms with Gasteiger partial charge in [0.15, 0.2) is 5.78 Å². The molecule has 0 saturated carbocycles. The third-order valence-corrected chi connectivity index (χ3v) is 1.57. The molecule has 0 aliphatic rings. The van der Waals surface area contributed by atoms with Gasteiger partial charge in [-0.3, -0.25) is 4.79 Å². The largest absolute Gasteiger partial charge is 0.376 e. The topological polar surface area (TPSA) is 47.6 Å². The summed E-state index contributed by atoms with van der Waals surface area (Å²) in [6.07, 6.45) is 3.75. The molecule has 4 nitrogen and oxygen atoms in total. The first-order chi connectivity index (χ1) is 7.27. The Balaban J connectivity index is 0. The van der Waals surface area contributed by atoms with Gasteiger partial charge >= 0.3 is 0 Å². The number of ether oxygens (including phenoxy) is 2. The molecule has 90 valence electrons. The summed E-state index contributed by atoms with van der Waals surface area (Å²) in [4.78, 5) is 10.5. The Morgan fingerprint density at radius 2 is 2.00 bits per heavy atom. The van der Waals surface area contributed by atoms with Gasteiger partial charge in [0.05, 0.1) is 19.8 Å². The smallest absolute Gasteiger partial charge is 0.155 e. The van der Waals surface area contributed by atoms with Crippen LogP contribution < -0.4 is 5.32 Å². The molecule has 1 N–H and O–H groups in total. The number of nitrogens with one attached hydrogen (secondary N) is 1. The zero-order chi connectivity index (χ0) is 11.4. The minimum Gasteiger partial charge on any atom is -0.376 e. The number of ketones is 1. The summed E-state index contributed by atoms with van der Waals surface area (Å²) in [5, 5.41) is 3.16. The fourth-order valence-corrected chi connectivity index (χ4v) is 0.879. The summed E-state index contributed by atoms with van der Waals surface area (Å²) in [6, 6.07) is 0. The second-order valence-corrected chi connectivity index (χ2v) is 3.12. The van der Waals surface area contributed by atoms with E-state index in [1.807, 2.05) is 12.2 Å². The Kier molecular flexibility index (Phi) is 10.8. The number of hydrogen-bond acceptors (Lipinski definition) is 4. The highest BCUT2D eigenvalue weighted by atomic mass is 16.5. The van der Waals surface area contributed by atoms with Crippen molar-refractivity contribution in [1.29, 1.82) is 0 Å². The van der Waals surface area contributed by atoms with Crippen molar-refractivity contribution in [3.8, 4) is 0 Å². The third-order valence-electron chi connectivity index (χ3n) is 1.57. The second kappa shape index (κ2) is 11.4. The summed E-state index contributed by atoms with van der Waals surface area (Å²) in [5.41, 5.74) is 0. The van der Waals surface area contributed by atoms with E-state index in [2.05, 4.69) is 12.2 Å². The lowest BCUT2D eigenvalue weighted by Crippen LogP contribution is -2.18. The van der Waals surface area contributed by atoms with E-state index in [1.165, 1.54) is 6.92 Å². The molecule has 0 heterocycles. The first-order valence-corrected chi connectivity index (χ1v) is 5.28. The lowest BCUT2D eigenvalue weighted by Gasteiger charge is -2.01. The quantitative estimate of drug-likeness (QED) is 0.438. The third kappa shape index (κ3) is 13.3.